The molecule has 4 aromatic rings. The number of benzene rings is 4. The number of rotatable bonds is 4. The fourth-order valence-electron chi connectivity index (χ4n) is 4.45. The van der Waals surface area contributed by atoms with Gasteiger partial charge >= 0.3 is 0 Å². The van der Waals surface area contributed by atoms with Gasteiger partial charge in [-0.1, -0.05) is 66.7 Å². The predicted octanol–water partition coefficient (Wildman–Crippen LogP) is 6.47. The number of hydrogen-bond donors (Lipinski definition) is 1. The first-order valence-electron chi connectivity index (χ1n) is 11.4. The van der Waals surface area contributed by atoms with Crippen LogP contribution in [0.3, 0.4) is 0 Å². The number of fused-ring (bicyclic) bond motifs is 1. The van der Waals surface area contributed by atoms with E-state index in [1.807, 2.05) is 107 Å². The molecule has 0 saturated carbocycles. The van der Waals surface area contributed by atoms with Crippen LogP contribution in [0.5, 0.6) is 0 Å². The largest absolute Gasteiger partial charge is 0.350 e. The van der Waals surface area contributed by atoms with Crippen LogP contribution < -0.4 is 10.2 Å². The van der Waals surface area contributed by atoms with Crippen LogP contribution in [-0.4, -0.2) is 11.8 Å². The van der Waals surface area contributed by atoms with Crippen molar-refractivity contribution in [2.24, 2.45) is 0 Å². The van der Waals surface area contributed by atoms with Gasteiger partial charge in [0.05, 0.1) is 11.3 Å². The SMILES string of the molecule is Cc1ccc(C2=C(Nc3cccc(C)c3C)C(=O)N(c3cccc4ccccc34)C2=O)cc1C. The molecule has 4 nitrogen and oxygen atoms in total. The zero-order valence-electron chi connectivity index (χ0n) is 19.8. The summed E-state index contributed by atoms with van der Waals surface area (Å²) in [6.07, 6.45) is 0. The molecule has 34 heavy (non-hydrogen) atoms. The lowest BCUT2D eigenvalue weighted by molar-refractivity contribution is -0.120. The van der Waals surface area contributed by atoms with E-state index in [-0.39, 0.29) is 11.8 Å². The van der Waals surface area contributed by atoms with Crippen molar-refractivity contribution >= 4 is 39.5 Å². The van der Waals surface area contributed by atoms with Crippen LogP contribution >= 0.6 is 0 Å². The Morgan fingerprint density at radius 1 is 0.676 bits per heavy atom. The van der Waals surface area contributed by atoms with Crippen molar-refractivity contribution in [3.8, 4) is 0 Å². The van der Waals surface area contributed by atoms with Gasteiger partial charge in [0.25, 0.3) is 11.8 Å². The first kappa shape index (κ1) is 21.7. The summed E-state index contributed by atoms with van der Waals surface area (Å²) >= 11 is 0. The fraction of sp³-hybridized carbons (Fsp3) is 0.133. The molecule has 1 heterocycles. The van der Waals surface area contributed by atoms with E-state index >= 15 is 0 Å². The molecule has 0 aromatic heterocycles. The molecular weight excluding hydrogens is 420 g/mol. The van der Waals surface area contributed by atoms with Gasteiger partial charge < -0.3 is 5.32 Å². The maximum Gasteiger partial charge on any atom is 0.282 e. The van der Waals surface area contributed by atoms with E-state index < -0.39 is 0 Å². The summed E-state index contributed by atoms with van der Waals surface area (Å²) < 4.78 is 0. The quantitative estimate of drug-likeness (QED) is 0.366. The molecule has 4 aromatic carbocycles. The lowest BCUT2D eigenvalue weighted by Gasteiger charge is -2.18. The molecule has 0 saturated heterocycles. The van der Waals surface area contributed by atoms with E-state index in [0.717, 1.165) is 44.3 Å². The first-order chi connectivity index (χ1) is 16.4. The van der Waals surface area contributed by atoms with E-state index in [0.29, 0.717) is 17.0 Å². The summed E-state index contributed by atoms with van der Waals surface area (Å²) in [5.74, 6) is -0.673. The third-order valence-corrected chi connectivity index (χ3v) is 6.75. The third-order valence-electron chi connectivity index (χ3n) is 6.75. The number of carbonyl (C=O) groups is 2. The number of amides is 2. The number of nitrogens with one attached hydrogen (secondary N) is 1. The number of nitrogens with zero attached hydrogens (tertiary/aromatic N) is 1. The van der Waals surface area contributed by atoms with Crippen molar-refractivity contribution in [1.82, 2.24) is 0 Å². The Hall–Kier alpha value is -4.18. The van der Waals surface area contributed by atoms with Crippen LogP contribution in [-0.2, 0) is 9.59 Å². The monoisotopic (exact) mass is 446 g/mol. The van der Waals surface area contributed by atoms with Crippen LogP contribution in [0.1, 0.15) is 27.8 Å². The maximum absolute atomic E-state index is 13.9. The normalized spacial score (nSPS) is 13.8. The molecule has 168 valence electrons. The van der Waals surface area contributed by atoms with Gasteiger partial charge in [-0.2, -0.15) is 0 Å². The molecule has 0 atom stereocenters. The van der Waals surface area contributed by atoms with Crippen molar-refractivity contribution in [3.05, 3.63) is 112 Å². The first-order valence-corrected chi connectivity index (χ1v) is 11.4. The van der Waals surface area contributed by atoms with Gasteiger partial charge in [0, 0.05) is 11.1 Å². The van der Waals surface area contributed by atoms with Crippen LogP contribution in [0.15, 0.2) is 84.6 Å². The summed E-state index contributed by atoms with van der Waals surface area (Å²) in [5.41, 5.74) is 7.19. The average Bonchev–Trinajstić information content (AvgIpc) is 3.07. The van der Waals surface area contributed by atoms with Crippen molar-refractivity contribution in [2.75, 3.05) is 10.2 Å². The predicted molar refractivity (Wildman–Crippen MR) is 139 cm³/mol. The highest BCUT2D eigenvalue weighted by atomic mass is 16.2. The molecule has 1 N–H and O–H groups in total. The van der Waals surface area contributed by atoms with Crippen LogP contribution in [0.4, 0.5) is 11.4 Å². The van der Waals surface area contributed by atoms with Crippen molar-refractivity contribution in [1.29, 1.82) is 0 Å². The number of imide groups is 1. The number of aryl methyl sites for hydroxylation is 3. The third kappa shape index (κ3) is 3.48. The van der Waals surface area contributed by atoms with Crippen molar-refractivity contribution in [3.63, 3.8) is 0 Å². The standard InChI is InChI=1S/C30H26N2O2/c1-18-15-16-23(17-20(18)3)27-28(31-25-13-7-9-19(2)21(25)4)30(34)32(29(27)33)26-14-8-11-22-10-5-6-12-24(22)26/h5-17,31H,1-4H3. The second kappa shape index (κ2) is 8.31. The van der Waals surface area contributed by atoms with Crippen molar-refractivity contribution in [2.45, 2.75) is 27.7 Å². The molecule has 4 heteroatoms. The van der Waals surface area contributed by atoms with E-state index in [9.17, 15) is 9.59 Å². The zero-order valence-corrected chi connectivity index (χ0v) is 19.8. The van der Waals surface area contributed by atoms with Crippen LogP contribution in [0, 0.1) is 27.7 Å². The maximum atomic E-state index is 13.9. The zero-order chi connectivity index (χ0) is 24.0. The molecular formula is C30H26N2O2. The van der Waals surface area contributed by atoms with E-state index in [1.54, 1.807) is 0 Å². The topological polar surface area (TPSA) is 49.4 Å². The Morgan fingerprint density at radius 3 is 2.21 bits per heavy atom. The highest BCUT2D eigenvalue weighted by Gasteiger charge is 2.41. The van der Waals surface area contributed by atoms with Gasteiger partial charge in [-0.05, 0) is 73.0 Å². The Kier molecular flexibility index (Phi) is 5.29. The lowest BCUT2D eigenvalue weighted by Crippen LogP contribution is -2.32. The summed E-state index contributed by atoms with van der Waals surface area (Å²) in [4.78, 5) is 29.1. The minimum Gasteiger partial charge on any atom is -0.350 e. The highest BCUT2D eigenvalue weighted by Crippen LogP contribution is 2.37. The molecule has 0 fully saturated rings. The molecule has 0 radical (unpaired) electrons. The Balaban J connectivity index is 1.70. The summed E-state index contributed by atoms with van der Waals surface area (Å²) in [6.45, 7) is 8.09. The number of carbonyl (C=O) groups excluding carboxylic acids is 2. The minimum atomic E-state index is -0.351. The summed E-state index contributed by atoms with van der Waals surface area (Å²) in [5, 5.41) is 5.16. The van der Waals surface area contributed by atoms with Crippen LogP contribution in [0.2, 0.25) is 0 Å². The molecule has 0 bridgehead atoms. The molecule has 0 unspecified atom stereocenters. The lowest BCUT2D eigenvalue weighted by atomic mass is 9.99. The summed E-state index contributed by atoms with van der Waals surface area (Å²) in [6, 6.07) is 25.3. The molecule has 1 aliphatic heterocycles. The van der Waals surface area contributed by atoms with Crippen LogP contribution in [0.25, 0.3) is 16.3 Å². The fourth-order valence-corrected chi connectivity index (χ4v) is 4.45. The number of hydrogen-bond acceptors (Lipinski definition) is 3. The second-order valence-corrected chi connectivity index (χ2v) is 8.87. The molecule has 2 amide bonds. The Labute approximate surface area is 199 Å². The minimum absolute atomic E-state index is 0.301. The van der Waals surface area contributed by atoms with Gasteiger partial charge in [0.15, 0.2) is 0 Å². The van der Waals surface area contributed by atoms with Gasteiger partial charge in [0.2, 0.25) is 0 Å². The second-order valence-electron chi connectivity index (χ2n) is 8.87. The Morgan fingerprint density at radius 2 is 1.41 bits per heavy atom. The van der Waals surface area contributed by atoms with Gasteiger partial charge in [-0.3, -0.25) is 9.59 Å². The summed E-state index contributed by atoms with van der Waals surface area (Å²) in [7, 11) is 0. The molecule has 1 aliphatic rings. The smallest absolute Gasteiger partial charge is 0.282 e. The van der Waals surface area contributed by atoms with Gasteiger partial charge in [-0.25, -0.2) is 4.90 Å². The average molecular weight is 447 g/mol. The van der Waals surface area contributed by atoms with E-state index in [4.69, 9.17) is 0 Å². The van der Waals surface area contributed by atoms with Crippen molar-refractivity contribution < 1.29 is 9.59 Å². The van der Waals surface area contributed by atoms with E-state index in [2.05, 4.69) is 5.32 Å². The molecule has 5 rings (SSSR count). The molecule has 0 aliphatic carbocycles. The Bertz CT molecular complexity index is 1510. The highest BCUT2D eigenvalue weighted by molar-refractivity contribution is 6.47. The molecule has 0 spiro atoms. The van der Waals surface area contributed by atoms with Gasteiger partial charge in [-0.15, -0.1) is 0 Å². The van der Waals surface area contributed by atoms with Gasteiger partial charge in [0.1, 0.15) is 5.70 Å². The van der Waals surface area contributed by atoms with E-state index in [1.165, 1.54) is 4.90 Å². The number of anilines is 2.